The summed E-state index contributed by atoms with van der Waals surface area (Å²) >= 11 is 11.6. The Balaban J connectivity index is 1.89. The van der Waals surface area contributed by atoms with Crippen molar-refractivity contribution < 1.29 is 24.6 Å². The number of para-hydroxylation sites is 1. The van der Waals surface area contributed by atoms with Gasteiger partial charge in [-0.25, -0.2) is 0 Å². The van der Waals surface area contributed by atoms with Crippen molar-refractivity contribution in [3.05, 3.63) is 41.4 Å². The monoisotopic (exact) mass is 570 g/mol. The maximum atomic E-state index is 14.4. The van der Waals surface area contributed by atoms with Crippen LogP contribution in [0.25, 0.3) is 0 Å². The van der Waals surface area contributed by atoms with E-state index < -0.39 is 34.6 Å². The summed E-state index contributed by atoms with van der Waals surface area (Å²) in [6.45, 7) is 7.37. The number of aryl methyl sites for hydroxylation is 1. The molecule has 10 heteroatoms. The van der Waals surface area contributed by atoms with Gasteiger partial charge in [0.25, 0.3) is 5.91 Å². The first-order chi connectivity index (χ1) is 16.1. The van der Waals surface area contributed by atoms with Crippen LogP contribution in [0.15, 0.2) is 30.9 Å². The van der Waals surface area contributed by atoms with Crippen LogP contribution < -0.4 is 4.90 Å². The van der Waals surface area contributed by atoms with Crippen molar-refractivity contribution in [2.24, 2.45) is 11.8 Å². The minimum absolute atomic E-state index is 0.137. The maximum Gasteiger partial charge on any atom is 0.308 e. The van der Waals surface area contributed by atoms with Crippen molar-refractivity contribution in [1.82, 2.24) is 4.90 Å². The zero-order valence-electron chi connectivity index (χ0n) is 19.0. The summed E-state index contributed by atoms with van der Waals surface area (Å²) in [7, 11) is 0. The molecule has 3 aliphatic rings. The van der Waals surface area contributed by atoms with Gasteiger partial charge in [-0.1, -0.05) is 52.7 Å². The number of aliphatic hydroxyl groups is 1. The fourth-order valence-electron chi connectivity index (χ4n) is 5.97. The molecule has 3 heterocycles. The molecule has 34 heavy (non-hydrogen) atoms. The number of benzene rings is 1. The quantitative estimate of drug-likeness (QED) is 0.366. The van der Waals surface area contributed by atoms with Crippen molar-refractivity contribution in [2.45, 2.75) is 53.6 Å². The van der Waals surface area contributed by atoms with Gasteiger partial charge in [0, 0.05) is 16.6 Å². The van der Waals surface area contributed by atoms with Crippen LogP contribution in [-0.4, -0.2) is 73.0 Å². The fourth-order valence-corrected chi connectivity index (χ4v) is 9.88. The number of alkyl halides is 1. The lowest BCUT2D eigenvalue weighted by molar-refractivity contribution is -0.149. The molecule has 3 aliphatic heterocycles. The molecule has 3 unspecified atom stereocenters. The number of thioether (sulfide) groups is 1. The second kappa shape index (κ2) is 9.48. The van der Waals surface area contributed by atoms with Gasteiger partial charge in [0.1, 0.15) is 6.04 Å². The minimum atomic E-state index is -1.03. The number of halogens is 2. The van der Waals surface area contributed by atoms with Gasteiger partial charge in [-0.05, 0) is 31.4 Å². The standard InChI is InChI=1S/C24H28BrClN2O5S/c1-4-9-27(18-12(3)7-6-8-15(18)26)22(31)20-24-10-14(25)19(34-24)16(23(32)33)17(24)21(30)28(20)13(5-2)11-29/h4,6-8,13-14,16-17,19-20,29H,1,5,9-11H2,2-3H3,(H,32,33)/t13-,14?,16-,17-,19-,20?,24?/m0/s1. The number of anilines is 1. The van der Waals surface area contributed by atoms with Crippen molar-refractivity contribution >= 4 is 62.8 Å². The molecule has 7 nitrogen and oxygen atoms in total. The van der Waals surface area contributed by atoms with Crippen LogP contribution in [0.3, 0.4) is 0 Å². The van der Waals surface area contributed by atoms with E-state index in [1.807, 2.05) is 19.9 Å². The van der Waals surface area contributed by atoms with E-state index in [1.165, 1.54) is 16.7 Å². The summed E-state index contributed by atoms with van der Waals surface area (Å²) in [6, 6.07) is 3.84. The molecule has 184 valence electrons. The van der Waals surface area contributed by atoms with E-state index >= 15 is 0 Å². The van der Waals surface area contributed by atoms with Crippen molar-refractivity contribution in [2.75, 3.05) is 18.1 Å². The second-order valence-electron chi connectivity index (χ2n) is 9.13. The topological polar surface area (TPSA) is 98.2 Å². The van der Waals surface area contributed by atoms with E-state index in [2.05, 4.69) is 22.5 Å². The van der Waals surface area contributed by atoms with E-state index in [-0.39, 0.29) is 35.0 Å². The van der Waals surface area contributed by atoms with Crippen LogP contribution in [-0.2, 0) is 14.4 Å². The molecule has 7 atom stereocenters. The number of aliphatic hydroxyl groups excluding tert-OH is 1. The molecule has 1 spiro atoms. The van der Waals surface area contributed by atoms with Gasteiger partial charge in [0.2, 0.25) is 5.91 Å². The van der Waals surface area contributed by atoms with Gasteiger partial charge in [-0.3, -0.25) is 14.4 Å². The predicted octanol–water partition coefficient (Wildman–Crippen LogP) is 3.49. The lowest BCUT2D eigenvalue weighted by atomic mass is 9.71. The number of carboxylic acid groups (broad SMARTS) is 1. The Labute approximate surface area is 216 Å². The van der Waals surface area contributed by atoms with Crippen LogP contribution in [0, 0.1) is 18.8 Å². The number of carboxylic acids is 1. The Kier molecular flexibility index (Phi) is 7.12. The van der Waals surface area contributed by atoms with Gasteiger partial charge in [0.05, 0.1) is 39.9 Å². The molecule has 2 N–H and O–H groups in total. The highest BCUT2D eigenvalue weighted by atomic mass is 79.9. The summed E-state index contributed by atoms with van der Waals surface area (Å²) in [5, 5.41) is 20.3. The first-order valence-corrected chi connectivity index (χ1v) is 13.5. The Morgan fingerprint density at radius 1 is 1.47 bits per heavy atom. The lowest BCUT2D eigenvalue weighted by Gasteiger charge is -2.40. The Bertz CT molecular complexity index is 1020. The third-order valence-corrected chi connectivity index (χ3v) is 10.9. The van der Waals surface area contributed by atoms with E-state index in [0.717, 1.165) is 5.56 Å². The summed E-state index contributed by atoms with van der Waals surface area (Å²) < 4.78 is -0.909. The predicted molar refractivity (Wildman–Crippen MR) is 137 cm³/mol. The van der Waals surface area contributed by atoms with E-state index in [1.54, 1.807) is 23.1 Å². The highest BCUT2D eigenvalue weighted by molar-refractivity contribution is 9.09. The van der Waals surface area contributed by atoms with Gasteiger partial charge < -0.3 is 20.0 Å². The number of hydrogen-bond donors (Lipinski definition) is 2. The number of aliphatic carboxylic acids is 1. The Morgan fingerprint density at radius 2 is 2.18 bits per heavy atom. The molecule has 0 radical (unpaired) electrons. The van der Waals surface area contributed by atoms with Crippen LogP contribution in [0.4, 0.5) is 5.69 Å². The highest BCUT2D eigenvalue weighted by Crippen LogP contribution is 2.68. The maximum absolute atomic E-state index is 14.4. The highest BCUT2D eigenvalue weighted by Gasteiger charge is 2.76. The van der Waals surface area contributed by atoms with Crippen molar-refractivity contribution in [3.8, 4) is 0 Å². The SMILES string of the molecule is C=CCN(C(=O)C1N([C@@H](CC)CO)C(=O)[C@@H]2[C@H](C(=O)O)[C@H]3SC12CC3Br)c1c(C)cccc1Cl. The summed E-state index contributed by atoms with van der Waals surface area (Å²) in [6.07, 6.45) is 2.53. The largest absolute Gasteiger partial charge is 0.481 e. The zero-order chi connectivity index (χ0) is 24.9. The minimum Gasteiger partial charge on any atom is -0.481 e. The fraction of sp³-hybridized carbons (Fsp3) is 0.542. The molecule has 1 aromatic carbocycles. The van der Waals surface area contributed by atoms with Crippen molar-refractivity contribution in [1.29, 1.82) is 0 Å². The number of fused-ring (bicyclic) bond motifs is 1. The summed E-state index contributed by atoms with van der Waals surface area (Å²) in [5.74, 6) is -3.46. The molecule has 1 aromatic rings. The number of carbonyl (C=O) groups is 3. The Morgan fingerprint density at radius 3 is 2.74 bits per heavy atom. The molecular formula is C24H28BrClN2O5S. The van der Waals surface area contributed by atoms with Crippen LogP contribution >= 0.6 is 39.3 Å². The van der Waals surface area contributed by atoms with E-state index in [0.29, 0.717) is 23.6 Å². The number of hydrogen-bond acceptors (Lipinski definition) is 5. The van der Waals surface area contributed by atoms with Crippen molar-refractivity contribution in [3.63, 3.8) is 0 Å². The molecule has 0 saturated carbocycles. The third-order valence-electron chi connectivity index (χ3n) is 7.36. The smallest absolute Gasteiger partial charge is 0.308 e. The molecule has 0 aliphatic carbocycles. The van der Waals surface area contributed by atoms with E-state index in [9.17, 15) is 24.6 Å². The third kappa shape index (κ3) is 3.62. The molecule has 4 rings (SSSR count). The van der Waals surface area contributed by atoms with Gasteiger partial charge >= 0.3 is 5.97 Å². The zero-order valence-corrected chi connectivity index (χ0v) is 22.1. The average Bonchev–Trinajstić information content (AvgIpc) is 3.37. The van der Waals surface area contributed by atoms with Gasteiger partial charge in [0.15, 0.2) is 0 Å². The second-order valence-corrected chi connectivity index (χ2v) is 12.3. The van der Waals surface area contributed by atoms with E-state index in [4.69, 9.17) is 11.6 Å². The Hall–Kier alpha value is -1.55. The molecule has 3 fully saturated rings. The first-order valence-electron chi connectivity index (χ1n) is 11.3. The number of carbonyl (C=O) groups excluding carboxylic acids is 2. The molecular weight excluding hydrogens is 544 g/mol. The number of rotatable bonds is 8. The normalized spacial score (nSPS) is 32.6. The van der Waals surface area contributed by atoms with Gasteiger partial charge in [-0.15, -0.1) is 18.3 Å². The molecule has 3 saturated heterocycles. The number of amides is 2. The molecule has 2 amide bonds. The van der Waals surface area contributed by atoms with Crippen LogP contribution in [0.1, 0.15) is 25.3 Å². The summed E-state index contributed by atoms with van der Waals surface area (Å²) in [4.78, 5) is 43.4. The lowest BCUT2D eigenvalue weighted by Crippen LogP contribution is -2.58. The molecule has 2 bridgehead atoms. The number of likely N-dealkylation sites (tertiary alicyclic amines) is 1. The van der Waals surface area contributed by atoms with Crippen LogP contribution in [0.2, 0.25) is 5.02 Å². The van der Waals surface area contributed by atoms with Gasteiger partial charge in [-0.2, -0.15) is 0 Å². The number of nitrogens with zero attached hydrogens (tertiary/aromatic N) is 2. The molecule has 0 aromatic heterocycles. The van der Waals surface area contributed by atoms with Crippen LogP contribution in [0.5, 0.6) is 0 Å². The average molecular weight is 572 g/mol. The summed E-state index contributed by atoms with van der Waals surface area (Å²) in [5.41, 5.74) is 1.34. The first kappa shape index (κ1) is 25.5.